The molecule has 0 amide bonds. The smallest absolute Gasteiger partial charge is 0.247 e. The second-order valence-corrected chi connectivity index (χ2v) is 4.14. The van der Waals surface area contributed by atoms with Gasteiger partial charge >= 0.3 is 0 Å². The fourth-order valence-electron chi connectivity index (χ4n) is 0.692. The molecule has 0 aromatic carbocycles. The van der Waals surface area contributed by atoms with E-state index >= 15 is 0 Å². The number of nitrogens with zero attached hydrogens (tertiary/aromatic N) is 2. The first-order chi connectivity index (χ1) is 5.67. The second kappa shape index (κ2) is 3.59. The van der Waals surface area contributed by atoms with Crippen molar-refractivity contribution >= 4 is 9.84 Å². The highest BCUT2D eigenvalue weighted by molar-refractivity contribution is 7.91. The Labute approximate surface area is 70.6 Å². The maximum Gasteiger partial charge on any atom is 0.247 e. The second-order valence-electron chi connectivity index (χ2n) is 2.14. The molecule has 0 atom stereocenters. The summed E-state index contributed by atoms with van der Waals surface area (Å²) in [5, 5.41) is -0.157. The van der Waals surface area contributed by atoms with Crippen molar-refractivity contribution in [2.24, 2.45) is 5.73 Å². The van der Waals surface area contributed by atoms with Crippen molar-refractivity contribution < 1.29 is 8.42 Å². The number of rotatable bonds is 3. The lowest BCUT2D eigenvalue weighted by atomic mass is 10.7. The minimum atomic E-state index is -3.36. The van der Waals surface area contributed by atoms with E-state index in [2.05, 4.69) is 9.97 Å². The molecule has 1 aromatic heterocycles. The highest BCUT2D eigenvalue weighted by Gasteiger charge is 2.15. The summed E-state index contributed by atoms with van der Waals surface area (Å²) >= 11 is 0. The van der Waals surface area contributed by atoms with Gasteiger partial charge < -0.3 is 5.73 Å². The zero-order valence-electron chi connectivity index (χ0n) is 6.34. The molecule has 1 rings (SSSR count). The molecule has 0 aliphatic carbocycles. The topological polar surface area (TPSA) is 85.9 Å². The first-order valence-corrected chi connectivity index (χ1v) is 5.02. The molecule has 0 spiro atoms. The molecular formula is C6H9N3O2S. The van der Waals surface area contributed by atoms with Crippen molar-refractivity contribution in [1.29, 1.82) is 0 Å². The molecule has 0 saturated heterocycles. The van der Waals surface area contributed by atoms with Gasteiger partial charge in [0.2, 0.25) is 15.0 Å². The molecule has 0 fully saturated rings. The first-order valence-electron chi connectivity index (χ1n) is 3.36. The number of nitrogens with two attached hydrogens (primary N) is 1. The fourth-order valence-corrected chi connectivity index (χ4v) is 1.63. The van der Waals surface area contributed by atoms with Crippen LogP contribution in [-0.2, 0) is 9.84 Å². The third-order valence-electron chi connectivity index (χ3n) is 1.21. The zero-order chi connectivity index (χ0) is 9.03. The van der Waals surface area contributed by atoms with Gasteiger partial charge in [-0.1, -0.05) is 0 Å². The van der Waals surface area contributed by atoms with Gasteiger partial charge in [-0.3, -0.25) is 0 Å². The molecule has 0 aliphatic heterocycles. The Morgan fingerprint density at radius 2 is 1.92 bits per heavy atom. The normalized spacial score (nSPS) is 11.4. The first kappa shape index (κ1) is 9.08. The summed E-state index contributed by atoms with van der Waals surface area (Å²) < 4.78 is 22.5. The Balaban J connectivity index is 2.99. The summed E-state index contributed by atoms with van der Waals surface area (Å²) in [6.45, 7) is 0.0839. The van der Waals surface area contributed by atoms with Crippen molar-refractivity contribution in [2.75, 3.05) is 12.3 Å². The van der Waals surface area contributed by atoms with Crippen molar-refractivity contribution in [3.05, 3.63) is 18.5 Å². The van der Waals surface area contributed by atoms with E-state index in [-0.39, 0.29) is 17.5 Å². The number of hydrogen-bond acceptors (Lipinski definition) is 5. The molecule has 0 aliphatic rings. The van der Waals surface area contributed by atoms with Crippen LogP contribution in [0.3, 0.4) is 0 Å². The lowest BCUT2D eigenvalue weighted by Crippen LogP contribution is -2.17. The van der Waals surface area contributed by atoms with E-state index in [1.165, 1.54) is 12.4 Å². The lowest BCUT2D eigenvalue weighted by Gasteiger charge is -1.98. The molecule has 0 unspecified atom stereocenters. The highest BCUT2D eigenvalue weighted by Crippen LogP contribution is 2.00. The van der Waals surface area contributed by atoms with Gasteiger partial charge in [0.25, 0.3) is 0 Å². The molecule has 12 heavy (non-hydrogen) atoms. The van der Waals surface area contributed by atoms with E-state index in [9.17, 15) is 8.42 Å². The predicted molar refractivity (Wildman–Crippen MR) is 43.1 cm³/mol. The van der Waals surface area contributed by atoms with Crippen molar-refractivity contribution in [3.63, 3.8) is 0 Å². The van der Waals surface area contributed by atoms with E-state index in [1.807, 2.05) is 0 Å². The average molecular weight is 187 g/mol. The average Bonchev–Trinajstić information content (AvgIpc) is 2.06. The molecule has 5 nitrogen and oxygen atoms in total. The summed E-state index contributed by atoms with van der Waals surface area (Å²) in [6.07, 6.45) is 2.77. The minimum absolute atomic E-state index is 0.0839. The summed E-state index contributed by atoms with van der Waals surface area (Å²) in [7, 11) is -3.36. The highest BCUT2D eigenvalue weighted by atomic mass is 32.2. The molecule has 1 aromatic rings. The predicted octanol–water partition coefficient (Wildman–Crippen LogP) is -0.791. The van der Waals surface area contributed by atoms with Crippen LogP contribution < -0.4 is 5.73 Å². The Morgan fingerprint density at radius 1 is 1.33 bits per heavy atom. The van der Waals surface area contributed by atoms with Crippen molar-refractivity contribution in [3.8, 4) is 0 Å². The van der Waals surface area contributed by atoms with E-state index in [1.54, 1.807) is 6.07 Å². The zero-order valence-corrected chi connectivity index (χ0v) is 7.16. The quantitative estimate of drug-likeness (QED) is 0.627. The van der Waals surface area contributed by atoms with Crippen LogP contribution in [0.25, 0.3) is 0 Å². The third-order valence-corrected chi connectivity index (χ3v) is 2.75. The summed E-state index contributed by atoms with van der Waals surface area (Å²) in [6, 6.07) is 1.56. The Morgan fingerprint density at radius 3 is 2.42 bits per heavy atom. The van der Waals surface area contributed by atoms with Gasteiger partial charge in [0.15, 0.2) is 0 Å². The van der Waals surface area contributed by atoms with Gasteiger partial charge in [0.1, 0.15) is 0 Å². The SMILES string of the molecule is NCCS(=O)(=O)c1ncccn1. The molecule has 6 heteroatoms. The van der Waals surface area contributed by atoms with Gasteiger partial charge in [-0.15, -0.1) is 0 Å². The maximum atomic E-state index is 11.2. The molecule has 2 N–H and O–H groups in total. The van der Waals surface area contributed by atoms with E-state index in [0.717, 1.165) is 0 Å². The largest absolute Gasteiger partial charge is 0.329 e. The van der Waals surface area contributed by atoms with Gasteiger partial charge in [0, 0.05) is 18.9 Å². The fraction of sp³-hybridized carbons (Fsp3) is 0.333. The lowest BCUT2D eigenvalue weighted by molar-refractivity contribution is 0.586. The molecule has 1 heterocycles. The maximum absolute atomic E-state index is 11.2. The number of hydrogen-bond donors (Lipinski definition) is 1. The van der Waals surface area contributed by atoms with Crippen LogP contribution in [0.4, 0.5) is 0 Å². The Kier molecular flexibility index (Phi) is 2.72. The third kappa shape index (κ3) is 1.99. The Hall–Kier alpha value is -1.01. The van der Waals surface area contributed by atoms with Crippen LogP contribution in [0.15, 0.2) is 23.6 Å². The van der Waals surface area contributed by atoms with Crippen molar-refractivity contribution in [1.82, 2.24) is 9.97 Å². The van der Waals surface area contributed by atoms with Gasteiger partial charge in [-0.2, -0.15) is 0 Å². The molecule has 66 valence electrons. The standard InChI is InChI=1S/C6H9N3O2S/c7-2-5-12(10,11)6-8-3-1-4-9-6/h1,3-4H,2,5,7H2. The minimum Gasteiger partial charge on any atom is -0.329 e. The monoisotopic (exact) mass is 187 g/mol. The molecular weight excluding hydrogens is 178 g/mol. The van der Waals surface area contributed by atoms with Crippen LogP contribution in [0, 0.1) is 0 Å². The Bertz CT molecular complexity index is 335. The van der Waals surface area contributed by atoms with Crippen LogP contribution >= 0.6 is 0 Å². The summed E-state index contributed by atoms with van der Waals surface area (Å²) in [5.74, 6) is -0.114. The van der Waals surface area contributed by atoms with Crippen LogP contribution in [0.2, 0.25) is 0 Å². The summed E-state index contributed by atoms with van der Waals surface area (Å²) in [5.41, 5.74) is 5.12. The van der Waals surface area contributed by atoms with Crippen LogP contribution in [-0.4, -0.2) is 30.7 Å². The summed E-state index contributed by atoms with van der Waals surface area (Å²) in [4.78, 5) is 7.23. The molecule has 0 saturated carbocycles. The number of sulfone groups is 1. The molecule has 0 bridgehead atoms. The molecule has 0 radical (unpaired) electrons. The van der Waals surface area contributed by atoms with Crippen LogP contribution in [0.1, 0.15) is 0 Å². The van der Waals surface area contributed by atoms with Gasteiger partial charge in [-0.05, 0) is 6.07 Å². The van der Waals surface area contributed by atoms with Crippen molar-refractivity contribution in [2.45, 2.75) is 5.16 Å². The van der Waals surface area contributed by atoms with Gasteiger partial charge in [-0.25, -0.2) is 18.4 Å². The number of aromatic nitrogens is 2. The van der Waals surface area contributed by atoms with E-state index < -0.39 is 9.84 Å². The van der Waals surface area contributed by atoms with Crippen LogP contribution in [0.5, 0.6) is 0 Å². The van der Waals surface area contributed by atoms with Gasteiger partial charge in [0.05, 0.1) is 5.75 Å². The van der Waals surface area contributed by atoms with E-state index in [0.29, 0.717) is 0 Å². The van der Waals surface area contributed by atoms with E-state index in [4.69, 9.17) is 5.73 Å².